The van der Waals surface area contributed by atoms with Gasteiger partial charge in [0, 0.05) is 5.56 Å². The van der Waals surface area contributed by atoms with Crippen LogP contribution in [0, 0.1) is 0 Å². The zero-order valence-electron chi connectivity index (χ0n) is 12.0. The van der Waals surface area contributed by atoms with Gasteiger partial charge in [-0.25, -0.2) is 9.59 Å². The van der Waals surface area contributed by atoms with Crippen molar-refractivity contribution < 1.29 is 41.8 Å². The van der Waals surface area contributed by atoms with Crippen molar-refractivity contribution in [2.75, 3.05) is 14.2 Å². The van der Waals surface area contributed by atoms with Crippen LogP contribution in [0.3, 0.4) is 0 Å². The number of rotatable bonds is 5. The zero-order chi connectivity index (χ0) is 17.6. The van der Waals surface area contributed by atoms with Crippen LogP contribution in [0.4, 0.5) is 13.2 Å². The smallest absolute Gasteiger partial charge is 0.467 e. The highest BCUT2D eigenvalue weighted by Gasteiger charge is 2.32. The lowest BCUT2D eigenvalue weighted by Gasteiger charge is -2.14. The molecule has 0 saturated heterocycles. The largest absolute Gasteiger partial charge is 0.573 e. The first-order valence-electron chi connectivity index (χ1n) is 6.00. The topological polar surface area (TPSA) is 90.9 Å². The fourth-order valence-electron chi connectivity index (χ4n) is 1.47. The molecule has 0 aliphatic carbocycles. The maximum Gasteiger partial charge on any atom is 0.573 e. The zero-order valence-corrected chi connectivity index (χ0v) is 12.0. The maximum absolute atomic E-state index is 12.0. The van der Waals surface area contributed by atoms with Gasteiger partial charge in [0.25, 0.3) is 5.91 Å². The highest BCUT2D eigenvalue weighted by molar-refractivity contribution is 6.05. The van der Waals surface area contributed by atoms with Gasteiger partial charge in [0.1, 0.15) is 5.75 Å². The van der Waals surface area contributed by atoms with Gasteiger partial charge in [0.2, 0.25) is 6.04 Å². The monoisotopic (exact) mass is 335 g/mol. The number of hydrogen-bond acceptors (Lipinski definition) is 6. The van der Waals surface area contributed by atoms with Crippen LogP contribution in [0.25, 0.3) is 0 Å². The van der Waals surface area contributed by atoms with Gasteiger partial charge in [-0.15, -0.1) is 13.2 Å². The second-order valence-corrected chi connectivity index (χ2v) is 4.02. The van der Waals surface area contributed by atoms with E-state index < -0.39 is 36.0 Å². The number of halogens is 3. The van der Waals surface area contributed by atoms with Gasteiger partial charge < -0.3 is 19.5 Å². The summed E-state index contributed by atoms with van der Waals surface area (Å²) in [4.78, 5) is 34.7. The van der Waals surface area contributed by atoms with E-state index in [1.165, 1.54) is 0 Å². The van der Waals surface area contributed by atoms with Crippen molar-refractivity contribution in [2.45, 2.75) is 12.4 Å². The highest BCUT2D eigenvalue weighted by atomic mass is 19.4. The number of benzene rings is 1. The van der Waals surface area contributed by atoms with Crippen LogP contribution in [0.15, 0.2) is 24.3 Å². The number of carbonyl (C=O) groups is 3. The standard InChI is InChI=1S/C13H12F3NO6/c1-21-11(19)9(12(20)22-2)17-10(18)7-3-5-8(6-4-7)23-13(14,15)16/h3-6,9H,1-2H3,(H,17,18). The predicted octanol–water partition coefficient (Wildman–Crippen LogP) is 1.03. The second kappa shape index (κ2) is 7.47. The van der Waals surface area contributed by atoms with Crippen LogP contribution in [-0.4, -0.2) is 44.5 Å². The Kier molecular flexibility index (Phi) is 5.94. The summed E-state index contributed by atoms with van der Waals surface area (Å²) in [7, 11) is 2.02. The molecule has 10 heteroatoms. The van der Waals surface area contributed by atoms with E-state index in [0.29, 0.717) is 0 Å². The molecule has 1 rings (SSSR count). The van der Waals surface area contributed by atoms with Gasteiger partial charge in [-0.1, -0.05) is 0 Å². The van der Waals surface area contributed by atoms with Gasteiger partial charge in [0.05, 0.1) is 14.2 Å². The van der Waals surface area contributed by atoms with Crippen LogP contribution in [0.1, 0.15) is 10.4 Å². The molecular formula is C13H12F3NO6. The Hall–Kier alpha value is -2.78. The fraction of sp³-hybridized carbons (Fsp3) is 0.308. The summed E-state index contributed by atoms with van der Waals surface area (Å²) in [6.45, 7) is 0. The van der Waals surface area contributed by atoms with Crippen LogP contribution in [-0.2, 0) is 19.1 Å². The van der Waals surface area contributed by atoms with E-state index in [2.05, 4.69) is 19.5 Å². The quantitative estimate of drug-likeness (QED) is 0.638. The summed E-state index contributed by atoms with van der Waals surface area (Å²) in [6, 6.07) is 2.19. The van der Waals surface area contributed by atoms with Gasteiger partial charge >= 0.3 is 18.3 Å². The number of esters is 2. The Morgan fingerprint density at radius 3 is 1.87 bits per heavy atom. The van der Waals surface area contributed by atoms with E-state index in [-0.39, 0.29) is 5.56 Å². The molecule has 7 nitrogen and oxygen atoms in total. The van der Waals surface area contributed by atoms with E-state index in [1.54, 1.807) is 0 Å². The van der Waals surface area contributed by atoms with Crippen LogP contribution < -0.4 is 10.1 Å². The van der Waals surface area contributed by atoms with Gasteiger partial charge in [-0.2, -0.15) is 0 Å². The summed E-state index contributed by atoms with van der Waals surface area (Å²) in [5.74, 6) is -3.51. The van der Waals surface area contributed by atoms with Crippen molar-refractivity contribution in [3.05, 3.63) is 29.8 Å². The van der Waals surface area contributed by atoms with Crippen LogP contribution in [0.5, 0.6) is 5.75 Å². The number of amides is 1. The Labute approximate surface area is 128 Å². The summed E-state index contributed by atoms with van der Waals surface area (Å²) >= 11 is 0. The van der Waals surface area contributed by atoms with Crippen molar-refractivity contribution in [1.82, 2.24) is 5.32 Å². The molecule has 126 valence electrons. The molecule has 0 spiro atoms. The molecule has 1 aromatic rings. The number of carbonyl (C=O) groups excluding carboxylic acids is 3. The van der Waals surface area contributed by atoms with Crippen LogP contribution in [0.2, 0.25) is 0 Å². The molecule has 0 bridgehead atoms. The normalized spacial score (nSPS) is 10.9. The molecule has 0 unspecified atom stereocenters. The molecule has 1 N–H and O–H groups in total. The van der Waals surface area contributed by atoms with Crippen molar-refractivity contribution in [2.24, 2.45) is 0 Å². The molecule has 0 radical (unpaired) electrons. The lowest BCUT2D eigenvalue weighted by Crippen LogP contribution is -2.47. The third-order valence-corrected chi connectivity index (χ3v) is 2.50. The minimum Gasteiger partial charge on any atom is -0.467 e. The number of hydrogen-bond donors (Lipinski definition) is 1. The average molecular weight is 335 g/mol. The molecule has 0 saturated carbocycles. The molecule has 23 heavy (non-hydrogen) atoms. The first-order valence-corrected chi connectivity index (χ1v) is 6.00. The minimum absolute atomic E-state index is 0.0997. The molecule has 0 aromatic heterocycles. The van der Waals surface area contributed by atoms with E-state index in [1.807, 2.05) is 0 Å². The summed E-state index contributed by atoms with van der Waals surface area (Å²) in [5, 5.41) is 2.05. The molecule has 0 atom stereocenters. The highest BCUT2D eigenvalue weighted by Crippen LogP contribution is 2.22. The Morgan fingerprint density at radius 2 is 1.48 bits per heavy atom. The van der Waals surface area contributed by atoms with Crippen molar-refractivity contribution in [3.63, 3.8) is 0 Å². The molecule has 0 aliphatic heterocycles. The molecule has 0 aliphatic rings. The summed E-state index contributed by atoms with van der Waals surface area (Å²) < 4.78 is 48.4. The maximum atomic E-state index is 12.0. The van der Waals surface area contributed by atoms with E-state index in [9.17, 15) is 27.6 Å². The number of nitrogens with one attached hydrogen (secondary N) is 1. The average Bonchev–Trinajstić information content (AvgIpc) is 2.50. The van der Waals surface area contributed by atoms with Crippen molar-refractivity contribution >= 4 is 17.8 Å². The molecule has 1 amide bonds. The Bertz CT molecular complexity index is 568. The van der Waals surface area contributed by atoms with E-state index in [0.717, 1.165) is 38.5 Å². The van der Waals surface area contributed by atoms with Crippen molar-refractivity contribution in [1.29, 1.82) is 0 Å². The first-order chi connectivity index (χ1) is 10.7. The molecular weight excluding hydrogens is 323 g/mol. The van der Waals surface area contributed by atoms with Gasteiger partial charge in [-0.05, 0) is 24.3 Å². The third kappa shape index (κ3) is 5.49. The first kappa shape index (κ1) is 18.3. The fourth-order valence-corrected chi connectivity index (χ4v) is 1.47. The predicted molar refractivity (Wildman–Crippen MR) is 68.4 cm³/mol. The SMILES string of the molecule is COC(=O)C(NC(=O)c1ccc(OC(F)(F)F)cc1)C(=O)OC. The molecule has 0 fully saturated rings. The van der Waals surface area contributed by atoms with E-state index in [4.69, 9.17) is 0 Å². The lowest BCUT2D eigenvalue weighted by molar-refractivity contribution is -0.274. The second-order valence-electron chi connectivity index (χ2n) is 4.02. The number of methoxy groups -OCH3 is 2. The summed E-state index contributed by atoms with van der Waals surface area (Å²) in [6.07, 6.45) is -4.86. The lowest BCUT2D eigenvalue weighted by atomic mass is 10.2. The molecule has 1 aromatic carbocycles. The number of ether oxygens (including phenoxy) is 3. The minimum atomic E-state index is -4.86. The third-order valence-electron chi connectivity index (χ3n) is 2.50. The van der Waals surface area contributed by atoms with E-state index >= 15 is 0 Å². The van der Waals surface area contributed by atoms with Crippen LogP contribution >= 0.6 is 0 Å². The summed E-state index contributed by atoms with van der Waals surface area (Å²) in [5.41, 5.74) is -0.0997. The Morgan fingerprint density at radius 1 is 1.00 bits per heavy atom. The molecule has 0 heterocycles. The number of alkyl halides is 3. The Balaban J connectivity index is 2.84. The van der Waals surface area contributed by atoms with Crippen molar-refractivity contribution in [3.8, 4) is 5.75 Å². The van der Waals surface area contributed by atoms with Gasteiger partial charge in [0.15, 0.2) is 0 Å². The van der Waals surface area contributed by atoms with Gasteiger partial charge in [-0.3, -0.25) is 4.79 Å².